The number of hydrogen-bond donors (Lipinski definition) is 2. The second kappa shape index (κ2) is 12.3. The highest BCUT2D eigenvalue weighted by Crippen LogP contribution is 2.47. The number of ether oxygens (including phenoxy) is 1. The first kappa shape index (κ1) is 31.3. The van der Waals surface area contributed by atoms with Crippen LogP contribution in [-0.4, -0.2) is 80.4 Å². The van der Waals surface area contributed by atoms with Crippen molar-refractivity contribution in [3.63, 3.8) is 0 Å². The highest BCUT2D eigenvalue weighted by Gasteiger charge is 2.33. The summed E-state index contributed by atoms with van der Waals surface area (Å²) < 4.78 is 35.9. The molecule has 2 atom stereocenters. The largest absolute Gasteiger partial charge is 0.497 e. The Hall–Kier alpha value is -3.67. The molecule has 0 spiro atoms. The van der Waals surface area contributed by atoms with Gasteiger partial charge in [0.25, 0.3) is 11.8 Å². The minimum Gasteiger partial charge on any atom is -0.497 e. The van der Waals surface area contributed by atoms with E-state index >= 15 is 0 Å². The highest BCUT2D eigenvalue weighted by molar-refractivity contribution is 7.87. The number of aromatic nitrogens is 1. The maximum absolute atomic E-state index is 14.3. The molecule has 2 aromatic carbocycles. The number of amides is 2. The lowest BCUT2D eigenvalue weighted by atomic mass is 9.81. The predicted octanol–water partition coefficient (Wildman–Crippen LogP) is 4.51. The number of benzene rings is 2. The average molecular weight is 634 g/mol. The number of carbonyl (C=O) groups is 2. The molecule has 1 saturated heterocycles. The van der Waals surface area contributed by atoms with E-state index in [9.17, 15) is 18.0 Å². The van der Waals surface area contributed by atoms with Gasteiger partial charge in [-0.25, -0.2) is 4.72 Å². The van der Waals surface area contributed by atoms with Gasteiger partial charge < -0.3 is 19.5 Å². The van der Waals surface area contributed by atoms with Crippen molar-refractivity contribution in [2.45, 2.75) is 70.5 Å². The van der Waals surface area contributed by atoms with Crippen LogP contribution in [0.5, 0.6) is 5.75 Å². The van der Waals surface area contributed by atoms with E-state index in [4.69, 9.17) is 4.74 Å². The summed E-state index contributed by atoms with van der Waals surface area (Å²) >= 11 is 0. The molecule has 0 bridgehead atoms. The Labute approximate surface area is 265 Å². The van der Waals surface area contributed by atoms with Gasteiger partial charge in [-0.05, 0) is 80.1 Å². The molecular formula is C34H43N5O5S. The van der Waals surface area contributed by atoms with E-state index in [1.807, 2.05) is 29.2 Å². The molecule has 240 valence electrons. The standard InChI is InChI=1S/C34H43N5O5S/c1-21-18-38(19-22(2)35-21)34(41)26-15-25-16-27(44-5)12-14-28(25)32-31(23-9-7-6-8-10-23)29-13-11-24(17-30(29)39(32)20-26)33(40)36-45(42,43)37(3)4/h11-17,21-23,35H,6-10,18-20H2,1-5H3,(H,36,40). The zero-order valence-corrected chi connectivity index (χ0v) is 27.5. The zero-order chi connectivity index (χ0) is 32.0. The zero-order valence-electron chi connectivity index (χ0n) is 26.7. The number of piperazine rings is 1. The molecule has 10 nitrogen and oxygen atoms in total. The van der Waals surface area contributed by atoms with Gasteiger partial charge in [0.1, 0.15) is 5.75 Å². The predicted molar refractivity (Wildman–Crippen MR) is 176 cm³/mol. The Morgan fingerprint density at radius 2 is 1.71 bits per heavy atom. The van der Waals surface area contributed by atoms with Crippen molar-refractivity contribution in [1.29, 1.82) is 0 Å². The Morgan fingerprint density at radius 1 is 1.00 bits per heavy atom. The minimum absolute atomic E-state index is 0.0103. The lowest BCUT2D eigenvalue weighted by molar-refractivity contribution is -0.129. The van der Waals surface area contributed by atoms with Gasteiger partial charge in [0.2, 0.25) is 0 Å². The van der Waals surface area contributed by atoms with Gasteiger partial charge >= 0.3 is 10.2 Å². The molecule has 2 aliphatic heterocycles. The van der Waals surface area contributed by atoms with Gasteiger partial charge in [0, 0.05) is 66.9 Å². The van der Waals surface area contributed by atoms with E-state index in [2.05, 4.69) is 34.5 Å². The molecule has 1 aromatic heterocycles. The van der Waals surface area contributed by atoms with Crippen LogP contribution in [0.3, 0.4) is 0 Å². The van der Waals surface area contributed by atoms with Crippen LogP contribution in [0.25, 0.3) is 28.2 Å². The summed E-state index contributed by atoms with van der Waals surface area (Å²) in [5.41, 5.74) is 5.92. The van der Waals surface area contributed by atoms with Gasteiger partial charge in [-0.15, -0.1) is 0 Å². The third-order valence-corrected chi connectivity index (χ3v) is 10.8. The van der Waals surface area contributed by atoms with Crippen molar-refractivity contribution in [3.8, 4) is 17.0 Å². The third-order valence-electron chi connectivity index (χ3n) is 9.37. The topological polar surface area (TPSA) is 113 Å². The number of rotatable bonds is 6. The molecular weight excluding hydrogens is 590 g/mol. The molecule has 2 amide bonds. The van der Waals surface area contributed by atoms with Crippen molar-refractivity contribution in [3.05, 3.63) is 58.7 Å². The van der Waals surface area contributed by atoms with Gasteiger partial charge in [-0.1, -0.05) is 25.3 Å². The number of nitrogens with zero attached hydrogens (tertiary/aromatic N) is 3. The minimum atomic E-state index is -3.97. The van der Waals surface area contributed by atoms with E-state index in [0.29, 0.717) is 36.9 Å². The molecule has 1 saturated carbocycles. The summed E-state index contributed by atoms with van der Waals surface area (Å²) in [7, 11) is 0.421. The summed E-state index contributed by atoms with van der Waals surface area (Å²) in [5, 5.41) is 4.54. The lowest BCUT2D eigenvalue weighted by Gasteiger charge is -2.36. The SMILES string of the molecule is COc1ccc2c(c1)C=C(C(=O)N1CC(C)NC(C)C1)Cn1c-2c(C2CCCCC2)c2ccc(C(=O)NS(=O)(=O)N(C)C)cc21. The van der Waals surface area contributed by atoms with Crippen LogP contribution in [0.4, 0.5) is 0 Å². The van der Waals surface area contributed by atoms with Crippen LogP contribution in [0, 0.1) is 0 Å². The fourth-order valence-electron chi connectivity index (χ4n) is 7.28. The number of hydrogen-bond acceptors (Lipinski definition) is 6. The normalized spacial score (nSPS) is 20.8. The Bertz CT molecular complexity index is 1780. The van der Waals surface area contributed by atoms with Crippen LogP contribution in [0.15, 0.2) is 42.0 Å². The molecule has 11 heteroatoms. The fourth-order valence-corrected chi connectivity index (χ4v) is 7.81. The maximum Gasteiger partial charge on any atom is 0.303 e. The van der Waals surface area contributed by atoms with Crippen molar-refractivity contribution in [2.24, 2.45) is 0 Å². The number of carbonyl (C=O) groups excluding carboxylic acids is 2. The van der Waals surface area contributed by atoms with Crippen LogP contribution < -0.4 is 14.8 Å². The first-order chi connectivity index (χ1) is 21.5. The quantitative estimate of drug-likeness (QED) is 0.413. The Kier molecular flexibility index (Phi) is 8.53. The van der Waals surface area contributed by atoms with E-state index in [1.54, 1.807) is 19.2 Å². The van der Waals surface area contributed by atoms with Crippen molar-refractivity contribution in [2.75, 3.05) is 34.3 Å². The summed E-state index contributed by atoms with van der Waals surface area (Å²) in [6, 6.07) is 11.8. The molecule has 0 radical (unpaired) electrons. The number of nitrogens with one attached hydrogen (secondary N) is 2. The first-order valence-electron chi connectivity index (χ1n) is 15.8. The smallest absolute Gasteiger partial charge is 0.303 e. The second-order valence-electron chi connectivity index (χ2n) is 12.9. The van der Waals surface area contributed by atoms with Crippen LogP contribution in [-0.2, 0) is 21.5 Å². The molecule has 6 rings (SSSR count). The van der Waals surface area contributed by atoms with Crippen LogP contribution in [0.1, 0.15) is 73.4 Å². The van der Waals surface area contributed by atoms with E-state index in [0.717, 1.165) is 57.7 Å². The molecule has 2 unspecified atom stereocenters. The third kappa shape index (κ3) is 6.01. The molecule has 2 N–H and O–H groups in total. The summed E-state index contributed by atoms with van der Waals surface area (Å²) in [6.07, 6.45) is 7.65. The van der Waals surface area contributed by atoms with E-state index in [1.165, 1.54) is 26.1 Å². The Balaban J connectivity index is 1.55. The number of fused-ring (bicyclic) bond motifs is 5. The van der Waals surface area contributed by atoms with Crippen molar-refractivity contribution in [1.82, 2.24) is 23.8 Å². The first-order valence-corrected chi connectivity index (χ1v) is 17.3. The molecule has 3 aliphatic rings. The van der Waals surface area contributed by atoms with E-state index < -0.39 is 16.1 Å². The summed E-state index contributed by atoms with van der Waals surface area (Å²) in [6.45, 7) is 5.73. The van der Waals surface area contributed by atoms with Crippen molar-refractivity contribution < 1.29 is 22.7 Å². The van der Waals surface area contributed by atoms with Gasteiger partial charge in [-0.3, -0.25) is 9.59 Å². The van der Waals surface area contributed by atoms with Gasteiger partial charge in [0.15, 0.2) is 0 Å². The average Bonchev–Trinajstić information content (AvgIpc) is 3.22. The maximum atomic E-state index is 14.3. The lowest BCUT2D eigenvalue weighted by Crippen LogP contribution is -2.56. The molecule has 1 aliphatic carbocycles. The molecule has 3 heterocycles. The van der Waals surface area contributed by atoms with Crippen LogP contribution in [0.2, 0.25) is 0 Å². The second-order valence-corrected chi connectivity index (χ2v) is 14.8. The van der Waals surface area contributed by atoms with Crippen LogP contribution >= 0.6 is 0 Å². The van der Waals surface area contributed by atoms with Gasteiger partial charge in [-0.2, -0.15) is 12.7 Å². The Morgan fingerprint density at radius 3 is 2.38 bits per heavy atom. The van der Waals surface area contributed by atoms with E-state index in [-0.39, 0.29) is 23.6 Å². The summed E-state index contributed by atoms with van der Waals surface area (Å²) in [5.74, 6) is 0.332. The number of methoxy groups -OCH3 is 1. The molecule has 2 fully saturated rings. The monoisotopic (exact) mass is 633 g/mol. The highest BCUT2D eigenvalue weighted by atomic mass is 32.2. The fraction of sp³-hybridized carbons (Fsp3) is 0.471. The summed E-state index contributed by atoms with van der Waals surface area (Å²) in [4.78, 5) is 29.4. The van der Waals surface area contributed by atoms with Crippen molar-refractivity contribution >= 4 is 39.0 Å². The molecule has 3 aromatic rings. The van der Waals surface area contributed by atoms with Gasteiger partial charge in [0.05, 0.1) is 19.3 Å². The molecule has 45 heavy (non-hydrogen) atoms.